The fourth-order valence-electron chi connectivity index (χ4n) is 2.22. The van der Waals surface area contributed by atoms with Crippen molar-refractivity contribution in [3.63, 3.8) is 0 Å². The summed E-state index contributed by atoms with van der Waals surface area (Å²) in [6.07, 6.45) is 2.20. The minimum Gasteiger partial charge on any atom is -0.494 e. The number of nitrogens with zero attached hydrogens (tertiary/aromatic N) is 1. The molecule has 0 atom stereocenters. The molecular formula is C19H19NOS. The van der Waals surface area contributed by atoms with E-state index < -0.39 is 0 Å². The molecule has 0 fully saturated rings. The fraction of sp³-hybridized carbons (Fsp3) is 0.211. The molecule has 112 valence electrons. The van der Waals surface area contributed by atoms with Crippen molar-refractivity contribution < 1.29 is 4.74 Å². The highest BCUT2D eigenvalue weighted by Gasteiger charge is 1.99. The van der Waals surface area contributed by atoms with Gasteiger partial charge in [0.25, 0.3) is 0 Å². The third kappa shape index (κ3) is 4.25. The fourth-order valence-corrected chi connectivity index (χ4v) is 3.10. The average Bonchev–Trinajstić information content (AvgIpc) is 2.59. The van der Waals surface area contributed by atoms with Gasteiger partial charge in [0, 0.05) is 5.39 Å². The lowest BCUT2D eigenvalue weighted by molar-refractivity contribution is 0.310. The Balaban J connectivity index is 1.39. The maximum Gasteiger partial charge on any atom is 0.119 e. The van der Waals surface area contributed by atoms with Crippen LogP contribution < -0.4 is 4.74 Å². The normalized spacial score (nSPS) is 10.7. The van der Waals surface area contributed by atoms with Crippen molar-refractivity contribution in [2.24, 2.45) is 0 Å². The van der Waals surface area contributed by atoms with Crippen LogP contribution in [0.4, 0.5) is 0 Å². The average molecular weight is 309 g/mol. The molecular weight excluding hydrogens is 290 g/mol. The summed E-state index contributed by atoms with van der Waals surface area (Å²) in [6.45, 7) is 0.774. The Morgan fingerprint density at radius 2 is 1.64 bits per heavy atom. The number of fused-ring (bicyclic) bond motifs is 1. The lowest BCUT2D eigenvalue weighted by Crippen LogP contribution is -1.97. The number of hydrogen-bond donors (Lipinski definition) is 0. The second-order valence-electron chi connectivity index (χ2n) is 5.06. The van der Waals surface area contributed by atoms with E-state index in [1.807, 2.05) is 54.2 Å². The molecule has 0 radical (unpaired) electrons. The minimum atomic E-state index is 0.774. The quantitative estimate of drug-likeness (QED) is 0.443. The summed E-state index contributed by atoms with van der Waals surface area (Å²) >= 11 is 1.81. The molecule has 0 N–H and O–H groups in total. The van der Waals surface area contributed by atoms with Crippen molar-refractivity contribution in [2.45, 2.75) is 17.9 Å². The number of para-hydroxylation sites is 2. The largest absolute Gasteiger partial charge is 0.494 e. The first kappa shape index (κ1) is 14.9. The lowest BCUT2D eigenvalue weighted by Gasteiger charge is -2.06. The van der Waals surface area contributed by atoms with Crippen molar-refractivity contribution >= 4 is 22.7 Å². The van der Waals surface area contributed by atoms with Crippen LogP contribution in [0.3, 0.4) is 0 Å². The van der Waals surface area contributed by atoms with Crippen molar-refractivity contribution in [1.29, 1.82) is 0 Å². The molecule has 1 aromatic heterocycles. The predicted octanol–water partition coefficient (Wildman–Crippen LogP) is 5.19. The number of hydrogen-bond acceptors (Lipinski definition) is 3. The molecule has 3 aromatic rings. The summed E-state index contributed by atoms with van der Waals surface area (Å²) in [5, 5.41) is 2.30. The van der Waals surface area contributed by atoms with E-state index in [-0.39, 0.29) is 0 Å². The number of unbranched alkanes of at least 4 members (excludes halogenated alkanes) is 1. The smallest absolute Gasteiger partial charge is 0.119 e. The van der Waals surface area contributed by atoms with E-state index >= 15 is 0 Å². The van der Waals surface area contributed by atoms with E-state index in [1.165, 1.54) is 5.39 Å². The standard InChI is InChI=1S/C19H19NOS/c1-2-9-17(10-3-1)21-14-6-7-15-22-19-13-12-16-8-4-5-11-18(16)20-19/h1-5,8-13H,6-7,14-15H2. The van der Waals surface area contributed by atoms with E-state index in [0.717, 1.165) is 41.5 Å². The Labute approximate surface area is 135 Å². The van der Waals surface area contributed by atoms with Gasteiger partial charge >= 0.3 is 0 Å². The first-order chi connectivity index (χ1) is 10.9. The van der Waals surface area contributed by atoms with E-state index in [0.29, 0.717) is 0 Å². The number of aromatic nitrogens is 1. The van der Waals surface area contributed by atoms with Gasteiger partial charge in [0.15, 0.2) is 0 Å². The minimum absolute atomic E-state index is 0.774. The van der Waals surface area contributed by atoms with Crippen LogP contribution in [0.5, 0.6) is 5.75 Å². The van der Waals surface area contributed by atoms with Gasteiger partial charge in [0.05, 0.1) is 17.1 Å². The highest BCUT2D eigenvalue weighted by atomic mass is 32.2. The van der Waals surface area contributed by atoms with Gasteiger partial charge in [-0.2, -0.15) is 0 Å². The third-order valence-corrected chi connectivity index (χ3v) is 4.39. The van der Waals surface area contributed by atoms with Crippen LogP contribution in [0.2, 0.25) is 0 Å². The summed E-state index contributed by atoms with van der Waals surface area (Å²) in [7, 11) is 0. The number of rotatable bonds is 7. The molecule has 0 unspecified atom stereocenters. The van der Waals surface area contributed by atoms with Crippen LogP contribution in [-0.2, 0) is 0 Å². The summed E-state index contributed by atoms with van der Waals surface area (Å²) in [6, 6.07) is 22.5. The van der Waals surface area contributed by atoms with Crippen LogP contribution in [0.15, 0.2) is 71.8 Å². The topological polar surface area (TPSA) is 22.1 Å². The maximum absolute atomic E-state index is 5.69. The van der Waals surface area contributed by atoms with Gasteiger partial charge in [-0.05, 0) is 42.9 Å². The highest BCUT2D eigenvalue weighted by Crippen LogP contribution is 2.21. The van der Waals surface area contributed by atoms with Crippen molar-refractivity contribution in [3.8, 4) is 5.75 Å². The second kappa shape index (κ2) is 7.85. The number of ether oxygens (including phenoxy) is 1. The molecule has 0 aliphatic rings. The molecule has 0 bridgehead atoms. The molecule has 1 heterocycles. The van der Waals surface area contributed by atoms with Crippen LogP contribution >= 0.6 is 11.8 Å². The van der Waals surface area contributed by atoms with Gasteiger partial charge in [-0.25, -0.2) is 4.98 Å². The number of pyridine rings is 1. The Hall–Kier alpha value is -2.00. The van der Waals surface area contributed by atoms with Gasteiger partial charge in [-0.1, -0.05) is 42.5 Å². The Bertz CT molecular complexity index is 715. The van der Waals surface area contributed by atoms with Crippen LogP contribution in [-0.4, -0.2) is 17.3 Å². The van der Waals surface area contributed by atoms with E-state index in [4.69, 9.17) is 4.74 Å². The molecule has 3 heteroatoms. The van der Waals surface area contributed by atoms with Gasteiger partial charge < -0.3 is 4.74 Å². The van der Waals surface area contributed by atoms with E-state index in [9.17, 15) is 0 Å². The van der Waals surface area contributed by atoms with Crippen LogP contribution in [0.25, 0.3) is 10.9 Å². The van der Waals surface area contributed by atoms with Gasteiger partial charge in [0.2, 0.25) is 0 Å². The maximum atomic E-state index is 5.69. The summed E-state index contributed by atoms with van der Waals surface area (Å²) < 4.78 is 5.69. The van der Waals surface area contributed by atoms with Gasteiger partial charge in [0.1, 0.15) is 5.75 Å². The predicted molar refractivity (Wildman–Crippen MR) is 93.6 cm³/mol. The molecule has 0 saturated carbocycles. The monoisotopic (exact) mass is 309 g/mol. The van der Waals surface area contributed by atoms with E-state index in [1.54, 1.807) is 0 Å². The third-order valence-electron chi connectivity index (χ3n) is 3.37. The van der Waals surface area contributed by atoms with Crippen LogP contribution in [0.1, 0.15) is 12.8 Å². The highest BCUT2D eigenvalue weighted by molar-refractivity contribution is 7.99. The lowest BCUT2D eigenvalue weighted by atomic mass is 10.2. The van der Waals surface area contributed by atoms with Gasteiger partial charge in [-0.15, -0.1) is 11.8 Å². The molecule has 3 rings (SSSR count). The molecule has 0 saturated heterocycles. The molecule has 22 heavy (non-hydrogen) atoms. The molecule has 0 aliphatic heterocycles. The van der Waals surface area contributed by atoms with Crippen molar-refractivity contribution in [2.75, 3.05) is 12.4 Å². The zero-order valence-electron chi connectivity index (χ0n) is 12.4. The zero-order valence-corrected chi connectivity index (χ0v) is 13.3. The first-order valence-electron chi connectivity index (χ1n) is 7.58. The van der Waals surface area contributed by atoms with Gasteiger partial charge in [-0.3, -0.25) is 0 Å². The Morgan fingerprint density at radius 3 is 2.55 bits per heavy atom. The second-order valence-corrected chi connectivity index (χ2v) is 6.17. The Kier molecular flexibility index (Phi) is 5.32. The van der Waals surface area contributed by atoms with Crippen molar-refractivity contribution in [3.05, 3.63) is 66.7 Å². The molecule has 2 nitrogen and oxygen atoms in total. The molecule has 0 aliphatic carbocycles. The summed E-state index contributed by atoms with van der Waals surface area (Å²) in [5.41, 5.74) is 1.07. The summed E-state index contributed by atoms with van der Waals surface area (Å²) in [5.74, 6) is 2.02. The molecule has 2 aromatic carbocycles. The number of benzene rings is 2. The number of thioether (sulfide) groups is 1. The summed E-state index contributed by atoms with van der Waals surface area (Å²) in [4.78, 5) is 4.67. The zero-order chi connectivity index (χ0) is 15.0. The molecule has 0 spiro atoms. The SMILES string of the molecule is c1ccc(OCCCCSc2ccc3ccccc3n2)cc1. The van der Waals surface area contributed by atoms with Crippen molar-refractivity contribution in [1.82, 2.24) is 4.98 Å². The van der Waals surface area contributed by atoms with E-state index in [2.05, 4.69) is 29.2 Å². The Morgan fingerprint density at radius 1 is 0.818 bits per heavy atom. The van der Waals surface area contributed by atoms with Crippen LogP contribution in [0, 0.1) is 0 Å². The molecule has 0 amide bonds. The first-order valence-corrected chi connectivity index (χ1v) is 8.57.